The van der Waals surface area contributed by atoms with E-state index in [0.717, 1.165) is 19.6 Å². The molecule has 0 amide bonds. The van der Waals surface area contributed by atoms with Crippen LogP contribution in [0.2, 0.25) is 0 Å². The Morgan fingerprint density at radius 2 is 1.95 bits per heavy atom. The van der Waals surface area contributed by atoms with E-state index in [1.165, 1.54) is 39.1 Å². The molecule has 3 unspecified atom stereocenters. The lowest BCUT2D eigenvalue weighted by Gasteiger charge is -2.43. The summed E-state index contributed by atoms with van der Waals surface area (Å²) in [5.41, 5.74) is 0. The number of piperazine rings is 1. The van der Waals surface area contributed by atoms with Gasteiger partial charge in [-0.05, 0) is 39.9 Å². The van der Waals surface area contributed by atoms with E-state index in [4.69, 9.17) is 9.47 Å². The minimum Gasteiger partial charge on any atom is -0.377 e. The van der Waals surface area contributed by atoms with Crippen molar-refractivity contribution < 1.29 is 9.47 Å². The van der Waals surface area contributed by atoms with Crippen LogP contribution in [0.15, 0.2) is 0 Å². The highest BCUT2D eigenvalue weighted by atomic mass is 16.5. The summed E-state index contributed by atoms with van der Waals surface area (Å²) in [5, 5.41) is 3.61. The highest BCUT2D eigenvalue weighted by Gasteiger charge is 2.41. The van der Waals surface area contributed by atoms with E-state index in [1.54, 1.807) is 7.11 Å². The molecule has 0 aromatic heterocycles. The Kier molecular flexibility index (Phi) is 6.71. The first kappa shape index (κ1) is 16.2. The minimum atomic E-state index is 0.235. The van der Waals surface area contributed by atoms with Gasteiger partial charge in [0.2, 0.25) is 0 Å². The number of hydrogen-bond donors (Lipinski definition) is 1. The first-order chi connectivity index (χ1) is 9.74. The third kappa shape index (κ3) is 4.40. The van der Waals surface area contributed by atoms with Gasteiger partial charge in [-0.1, -0.05) is 0 Å². The van der Waals surface area contributed by atoms with Gasteiger partial charge in [-0.3, -0.25) is 0 Å². The predicted octanol–water partition coefficient (Wildman–Crippen LogP) is 0.406. The van der Waals surface area contributed by atoms with Crippen molar-refractivity contribution in [3.63, 3.8) is 0 Å². The van der Waals surface area contributed by atoms with Crippen molar-refractivity contribution >= 4 is 0 Å². The van der Waals surface area contributed by atoms with E-state index >= 15 is 0 Å². The fourth-order valence-electron chi connectivity index (χ4n) is 3.14. The molecule has 0 spiro atoms. The Morgan fingerprint density at radius 1 is 1.20 bits per heavy atom. The number of nitrogens with zero attached hydrogens (tertiary/aromatic N) is 2. The SMILES string of the molecule is CCOC1CC(NCCCN2CCN(C)CC2)C1OC. The van der Waals surface area contributed by atoms with Crippen LogP contribution in [0.1, 0.15) is 19.8 Å². The summed E-state index contributed by atoms with van der Waals surface area (Å²) in [6.45, 7) is 9.95. The molecular weight excluding hydrogens is 254 g/mol. The maximum absolute atomic E-state index is 5.65. The van der Waals surface area contributed by atoms with Crippen LogP contribution in [0.4, 0.5) is 0 Å². The molecule has 1 aliphatic carbocycles. The van der Waals surface area contributed by atoms with Gasteiger partial charge in [-0.15, -0.1) is 0 Å². The van der Waals surface area contributed by atoms with Crippen LogP contribution in [0, 0.1) is 0 Å². The number of ether oxygens (including phenoxy) is 2. The van der Waals surface area contributed by atoms with E-state index in [0.29, 0.717) is 12.1 Å². The molecule has 0 aromatic rings. The molecule has 20 heavy (non-hydrogen) atoms. The Bertz CT molecular complexity index is 270. The Hall–Kier alpha value is -0.200. The third-order valence-electron chi connectivity index (χ3n) is 4.56. The zero-order valence-electron chi connectivity index (χ0n) is 13.3. The first-order valence-electron chi connectivity index (χ1n) is 8.03. The fourth-order valence-corrected chi connectivity index (χ4v) is 3.14. The van der Waals surface area contributed by atoms with Crippen LogP contribution < -0.4 is 5.32 Å². The quantitative estimate of drug-likeness (QED) is 0.654. The largest absolute Gasteiger partial charge is 0.377 e. The monoisotopic (exact) mass is 285 g/mol. The fraction of sp³-hybridized carbons (Fsp3) is 1.00. The van der Waals surface area contributed by atoms with E-state index in [-0.39, 0.29) is 6.10 Å². The molecule has 0 bridgehead atoms. The maximum Gasteiger partial charge on any atom is 0.0986 e. The van der Waals surface area contributed by atoms with Crippen LogP contribution in [-0.2, 0) is 9.47 Å². The van der Waals surface area contributed by atoms with Crippen LogP contribution in [0.25, 0.3) is 0 Å². The van der Waals surface area contributed by atoms with Crippen LogP contribution in [0.5, 0.6) is 0 Å². The molecule has 0 aromatic carbocycles. The van der Waals surface area contributed by atoms with Crippen LogP contribution in [-0.4, -0.2) is 88.1 Å². The Balaban J connectivity index is 1.53. The van der Waals surface area contributed by atoms with Gasteiger partial charge >= 0.3 is 0 Å². The lowest BCUT2D eigenvalue weighted by atomic mass is 9.85. The zero-order valence-corrected chi connectivity index (χ0v) is 13.3. The second-order valence-electron chi connectivity index (χ2n) is 5.99. The van der Waals surface area contributed by atoms with Crippen molar-refractivity contribution in [2.24, 2.45) is 0 Å². The number of rotatable bonds is 8. The molecule has 1 saturated carbocycles. The van der Waals surface area contributed by atoms with Gasteiger partial charge in [0.15, 0.2) is 0 Å². The molecule has 2 fully saturated rings. The molecule has 1 saturated heterocycles. The van der Waals surface area contributed by atoms with Crippen molar-refractivity contribution in [2.45, 2.75) is 38.0 Å². The van der Waals surface area contributed by atoms with Gasteiger partial charge in [-0.25, -0.2) is 0 Å². The predicted molar refractivity (Wildman–Crippen MR) is 81.2 cm³/mol. The highest BCUT2D eigenvalue weighted by molar-refractivity contribution is 4.97. The summed E-state index contributed by atoms with van der Waals surface area (Å²) < 4.78 is 11.2. The van der Waals surface area contributed by atoms with Crippen LogP contribution in [0.3, 0.4) is 0 Å². The topological polar surface area (TPSA) is 37.0 Å². The molecule has 1 aliphatic heterocycles. The maximum atomic E-state index is 5.65. The Labute approximate surface area is 123 Å². The minimum absolute atomic E-state index is 0.235. The smallest absolute Gasteiger partial charge is 0.0986 e. The lowest BCUT2D eigenvalue weighted by molar-refractivity contribution is -0.131. The second-order valence-corrected chi connectivity index (χ2v) is 5.99. The summed E-state index contributed by atoms with van der Waals surface area (Å²) in [5.74, 6) is 0. The van der Waals surface area contributed by atoms with Crippen molar-refractivity contribution in [3.05, 3.63) is 0 Å². The zero-order chi connectivity index (χ0) is 14.4. The molecule has 118 valence electrons. The summed E-state index contributed by atoms with van der Waals surface area (Å²) in [6, 6.07) is 0.476. The van der Waals surface area contributed by atoms with E-state index < -0.39 is 0 Å². The van der Waals surface area contributed by atoms with E-state index in [9.17, 15) is 0 Å². The number of hydrogen-bond acceptors (Lipinski definition) is 5. The number of likely N-dealkylation sites (N-methyl/N-ethyl adjacent to an activating group) is 1. The first-order valence-corrected chi connectivity index (χ1v) is 8.03. The van der Waals surface area contributed by atoms with Gasteiger partial charge in [-0.2, -0.15) is 0 Å². The standard InChI is InChI=1S/C15H31N3O2/c1-4-20-14-12-13(15(14)19-3)16-6-5-7-18-10-8-17(2)9-11-18/h13-16H,4-12H2,1-3H3. The summed E-state index contributed by atoms with van der Waals surface area (Å²) in [4.78, 5) is 4.97. The van der Waals surface area contributed by atoms with Crippen molar-refractivity contribution in [1.29, 1.82) is 0 Å². The second kappa shape index (κ2) is 8.29. The molecule has 2 aliphatic rings. The summed E-state index contributed by atoms with van der Waals surface area (Å²) in [6.07, 6.45) is 2.83. The molecule has 1 N–H and O–H groups in total. The van der Waals surface area contributed by atoms with Crippen LogP contribution >= 0.6 is 0 Å². The van der Waals surface area contributed by atoms with Gasteiger partial charge in [0.05, 0.1) is 12.2 Å². The molecule has 0 radical (unpaired) electrons. The van der Waals surface area contributed by atoms with E-state index in [1.807, 2.05) is 6.92 Å². The summed E-state index contributed by atoms with van der Waals surface area (Å²) in [7, 11) is 3.99. The molecule has 5 heteroatoms. The van der Waals surface area contributed by atoms with E-state index in [2.05, 4.69) is 22.2 Å². The normalized spacial score (nSPS) is 32.2. The van der Waals surface area contributed by atoms with Crippen molar-refractivity contribution in [3.8, 4) is 0 Å². The molecule has 3 atom stereocenters. The number of methoxy groups -OCH3 is 1. The molecule has 2 rings (SSSR count). The van der Waals surface area contributed by atoms with Gasteiger partial charge < -0.3 is 24.6 Å². The summed E-state index contributed by atoms with van der Waals surface area (Å²) >= 11 is 0. The highest BCUT2D eigenvalue weighted by Crippen LogP contribution is 2.26. The average Bonchev–Trinajstić information content (AvgIpc) is 2.43. The number of nitrogens with one attached hydrogen (secondary N) is 1. The van der Waals surface area contributed by atoms with Gasteiger partial charge in [0.25, 0.3) is 0 Å². The van der Waals surface area contributed by atoms with Crippen molar-refractivity contribution in [2.75, 3.05) is 60.0 Å². The third-order valence-corrected chi connectivity index (χ3v) is 4.56. The van der Waals surface area contributed by atoms with Gasteiger partial charge in [0.1, 0.15) is 0 Å². The van der Waals surface area contributed by atoms with Gasteiger partial charge in [0, 0.05) is 45.9 Å². The van der Waals surface area contributed by atoms with Crippen molar-refractivity contribution in [1.82, 2.24) is 15.1 Å². The molecular formula is C15H31N3O2. The Morgan fingerprint density at radius 3 is 2.60 bits per heavy atom. The average molecular weight is 285 g/mol. The molecule has 1 heterocycles. The lowest BCUT2D eigenvalue weighted by Crippen LogP contribution is -2.60. The molecule has 5 nitrogen and oxygen atoms in total.